The lowest BCUT2D eigenvalue weighted by atomic mass is 9.99. The summed E-state index contributed by atoms with van der Waals surface area (Å²) in [7, 11) is 0. The first-order valence-electron chi connectivity index (χ1n) is 8.42. The number of aliphatic carboxylic acids is 1. The Bertz CT molecular complexity index is 555. The van der Waals surface area contributed by atoms with Gasteiger partial charge in [0, 0.05) is 6.54 Å². The number of carbonyl (C=O) groups is 2. The molecule has 0 aliphatic heterocycles. The third kappa shape index (κ3) is 5.03. The van der Waals surface area contributed by atoms with Gasteiger partial charge < -0.3 is 15.2 Å². The highest BCUT2D eigenvalue weighted by Gasteiger charge is 2.26. The summed E-state index contributed by atoms with van der Waals surface area (Å²) < 4.78 is 18.8. The van der Waals surface area contributed by atoms with Gasteiger partial charge in [-0.15, -0.1) is 0 Å². The number of ether oxygens (including phenoxy) is 1. The smallest absolute Gasteiger partial charge is 0.312 e. The van der Waals surface area contributed by atoms with Crippen LogP contribution in [-0.2, 0) is 14.3 Å². The molecule has 0 aromatic heterocycles. The molecule has 1 aromatic carbocycles. The van der Waals surface area contributed by atoms with E-state index in [2.05, 4.69) is 5.32 Å². The van der Waals surface area contributed by atoms with Gasteiger partial charge in [0.1, 0.15) is 11.9 Å². The standard InChI is InChI=1S/C18H24FNO4/c1-2-16(24-14-5-3-4-6-14)17(21)20-11-15(18(22)23)12-7-9-13(19)10-8-12/h7-10,14-16H,2-6,11H2,1H3,(H,20,21)(H,22,23). The van der Waals surface area contributed by atoms with Crippen molar-refractivity contribution in [1.82, 2.24) is 5.32 Å². The molecule has 0 heterocycles. The van der Waals surface area contributed by atoms with Crippen LogP contribution in [0.4, 0.5) is 4.39 Å². The Hall–Kier alpha value is -1.95. The molecule has 5 nitrogen and oxygen atoms in total. The van der Waals surface area contributed by atoms with Crippen LogP contribution in [0.2, 0.25) is 0 Å². The van der Waals surface area contributed by atoms with Crippen LogP contribution < -0.4 is 5.32 Å². The van der Waals surface area contributed by atoms with Crippen LogP contribution in [-0.4, -0.2) is 35.7 Å². The van der Waals surface area contributed by atoms with E-state index in [-0.39, 0.29) is 18.6 Å². The lowest BCUT2D eigenvalue weighted by molar-refractivity contribution is -0.140. The molecule has 2 unspecified atom stereocenters. The number of carbonyl (C=O) groups excluding carboxylic acids is 1. The first kappa shape index (κ1) is 18.4. The van der Waals surface area contributed by atoms with Gasteiger partial charge in [0.2, 0.25) is 5.91 Å². The molecule has 2 N–H and O–H groups in total. The molecule has 1 aliphatic carbocycles. The van der Waals surface area contributed by atoms with Crippen molar-refractivity contribution in [2.45, 2.75) is 57.2 Å². The van der Waals surface area contributed by atoms with E-state index in [1.54, 1.807) is 0 Å². The first-order valence-corrected chi connectivity index (χ1v) is 8.42. The molecule has 132 valence electrons. The number of halogens is 1. The Labute approximate surface area is 141 Å². The summed E-state index contributed by atoms with van der Waals surface area (Å²) in [6.45, 7) is 1.82. The Kier molecular flexibility index (Phi) is 6.73. The Morgan fingerprint density at radius 3 is 2.46 bits per heavy atom. The Morgan fingerprint density at radius 1 is 1.29 bits per heavy atom. The molecule has 2 rings (SSSR count). The topological polar surface area (TPSA) is 75.6 Å². The fourth-order valence-electron chi connectivity index (χ4n) is 2.96. The van der Waals surface area contributed by atoms with E-state index in [1.807, 2.05) is 6.92 Å². The molecule has 6 heteroatoms. The molecule has 0 bridgehead atoms. The molecule has 1 saturated carbocycles. The van der Waals surface area contributed by atoms with Gasteiger partial charge in [-0.1, -0.05) is 31.9 Å². The van der Waals surface area contributed by atoms with E-state index < -0.39 is 23.8 Å². The molecular formula is C18H24FNO4. The van der Waals surface area contributed by atoms with Gasteiger partial charge >= 0.3 is 5.97 Å². The molecule has 24 heavy (non-hydrogen) atoms. The van der Waals surface area contributed by atoms with Gasteiger partial charge in [-0.2, -0.15) is 0 Å². The van der Waals surface area contributed by atoms with Crippen molar-refractivity contribution in [3.63, 3.8) is 0 Å². The molecule has 1 amide bonds. The van der Waals surface area contributed by atoms with Crippen LogP contribution >= 0.6 is 0 Å². The van der Waals surface area contributed by atoms with Crippen LogP contribution in [0.3, 0.4) is 0 Å². The quantitative estimate of drug-likeness (QED) is 0.765. The van der Waals surface area contributed by atoms with Gasteiger partial charge in [0.15, 0.2) is 0 Å². The van der Waals surface area contributed by atoms with Crippen molar-refractivity contribution in [3.05, 3.63) is 35.6 Å². The maximum Gasteiger partial charge on any atom is 0.312 e. The summed E-state index contributed by atoms with van der Waals surface area (Å²) in [4.78, 5) is 23.7. The molecule has 0 saturated heterocycles. The number of benzene rings is 1. The summed E-state index contributed by atoms with van der Waals surface area (Å²) in [6, 6.07) is 5.27. The average molecular weight is 337 g/mol. The minimum Gasteiger partial charge on any atom is -0.481 e. The highest BCUT2D eigenvalue weighted by molar-refractivity contribution is 5.82. The van der Waals surface area contributed by atoms with Crippen LogP contribution in [0, 0.1) is 5.82 Å². The maximum atomic E-state index is 13.0. The van der Waals surface area contributed by atoms with Crippen molar-refractivity contribution in [1.29, 1.82) is 0 Å². The second-order valence-corrected chi connectivity index (χ2v) is 6.13. The molecule has 2 atom stereocenters. The first-order chi connectivity index (χ1) is 11.5. The fraction of sp³-hybridized carbons (Fsp3) is 0.556. The van der Waals surface area contributed by atoms with Crippen molar-refractivity contribution in [2.75, 3.05) is 6.54 Å². The minimum atomic E-state index is -1.06. The summed E-state index contributed by atoms with van der Waals surface area (Å²) in [6.07, 6.45) is 4.27. The largest absolute Gasteiger partial charge is 0.481 e. The predicted octanol–water partition coefficient (Wildman–Crippen LogP) is 2.85. The molecule has 1 fully saturated rings. The van der Waals surface area contributed by atoms with Gasteiger partial charge in [0.25, 0.3) is 0 Å². The van der Waals surface area contributed by atoms with Crippen molar-refractivity contribution < 1.29 is 23.8 Å². The van der Waals surface area contributed by atoms with Gasteiger partial charge in [-0.05, 0) is 37.0 Å². The van der Waals surface area contributed by atoms with E-state index in [4.69, 9.17) is 4.74 Å². The highest BCUT2D eigenvalue weighted by atomic mass is 19.1. The zero-order valence-corrected chi connectivity index (χ0v) is 13.8. The monoisotopic (exact) mass is 337 g/mol. The predicted molar refractivity (Wildman–Crippen MR) is 87.2 cm³/mol. The molecular weight excluding hydrogens is 313 g/mol. The van der Waals surface area contributed by atoms with Crippen molar-refractivity contribution in [3.8, 4) is 0 Å². The van der Waals surface area contributed by atoms with Crippen LogP contribution in [0.25, 0.3) is 0 Å². The van der Waals surface area contributed by atoms with E-state index >= 15 is 0 Å². The minimum absolute atomic E-state index is 0.0513. The Morgan fingerprint density at radius 2 is 1.92 bits per heavy atom. The highest BCUT2D eigenvalue weighted by Crippen LogP contribution is 2.23. The summed E-state index contributed by atoms with van der Waals surface area (Å²) in [5.41, 5.74) is 0.453. The average Bonchev–Trinajstić information content (AvgIpc) is 3.07. The fourth-order valence-corrected chi connectivity index (χ4v) is 2.96. The number of hydrogen-bond donors (Lipinski definition) is 2. The number of carboxylic acids is 1. The van der Waals surface area contributed by atoms with E-state index in [0.29, 0.717) is 12.0 Å². The molecule has 0 radical (unpaired) electrons. The third-order valence-electron chi connectivity index (χ3n) is 4.37. The molecule has 1 aromatic rings. The summed E-state index contributed by atoms with van der Waals surface area (Å²) in [5.74, 6) is -2.70. The maximum absolute atomic E-state index is 13.0. The van der Waals surface area contributed by atoms with Crippen molar-refractivity contribution >= 4 is 11.9 Å². The zero-order chi connectivity index (χ0) is 17.5. The summed E-state index contributed by atoms with van der Waals surface area (Å²) >= 11 is 0. The molecule has 1 aliphatic rings. The number of nitrogens with one attached hydrogen (secondary N) is 1. The van der Waals surface area contributed by atoms with E-state index in [0.717, 1.165) is 25.7 Å². The Balaban J connectivity index is 1.93. The third-order valence-corrected chi connectivity index (χ3v) is 4.37. The van der Waals surface area contributed by atoms with E-state index in [9.17, 15) is 19.1 Å². The van der Waals surface area contributed by atoms with Crippen molar-refractivity contribution in [2.24, 2.45) is 0 Å². The van der Waals surface area contributed by atoms with Gasteiger partial charge in [-0.25, -0.2) is 4.39 Å². The normalized spacial score (nSPS) is 17.4. The number of rotatable bonds is 8. The lowest BCUT2D eigenvalue weighted by Crippen LogP contribution is -2.40. The van der Waals surface area contributed by atoms with E-state index in [1.165, 1.54) is 24.3 Å². The van der Waals surface area contributed by atoms with Gasteiger partial charge in [0.05, 0.1) is 12.0 Å². The van der Waals surface area contributed by atoms with Crippen LogP contribution in [0.15, 0.2) is 24.3 Å². The zero-order valence-electron chi connectivity index (χ0n) is 13.8. The second kappa shape index (κ2) is 8.78. The summed E-state index contributed by atoms with van der Waals surface area (Å²) in [5, 5.41) is 12.0. The molecule has 0 spiro atoms. The number of carboxylic acid groups (broad SMARTS) is 1. The number of hydrogen-bond acceptors (Lipinski definition) is 3. The lowest BCUT2D eigenvalue weighted by Gasteiger charge is -2.21. The second-order valence-electron chi connectivity index (χ2n) is 6.13. The SMILES string of the molecule is CCC(OC1CCCC1)C(=O)NCC(C(=O)O)c1ccc(F)cc1. The number of amides is 1. The van der Waals surface area contributed by atoms with Gasteiger partial charge in [-0.3, -0.25) is 9.59 Å². The van der Waals surface area contributed by atoms with Crippen LogP contribution in [0.1, 0.15) is 50.5 Å². The van der Waals surface area contributed by atoms with Crippen LogP contribution in [0.5, 0.6) is 0 Å².